The number of alkyl halides is 3. The smallest absolute Gasteiger partial charge is 0.364 e. The first kappa shape index (κ1) is 15.6. The molecular weight excluding hydrogens is 287 g/mol. The van der Waals surface area contributed by atoms with Crippen LogP contribution in [-0.2, 0) is 6.18 Å². The maximum Gasteiger partial charge on any atom is 0.416 e. The van der Waals surface area contributed by atoms with Crippen molar-refractivity contribution in [2.75, 3.05) is 32.1 Å². The second kappa shape index (κ2) is 5.51. The highest BCUT2D eigenvalue weighted by Crippen LogP contribution is 2.37. The van der Waals surface area contributed by atoms with E-state index < -0.39 is 22.4 Å². The van der Waals surface area contributed by atoms with Gasteiger partial charge >= 0.3 is 6.18 Å². The summed E-state index contributed by atoms with van der Waals surface area (Å²) in [5.74, 6) is 0. The molecule has 1 fully saturated rings. The second-order valence-corrected chi connectivity index (χ2v) is 5.31. The SMILES string of the molecule is CN(C)[C@@H]1CCN(c2ccc(C(F)(F)F)cc2[N+](=O)[O-])C1. The minimum absolute atomic E-state index is 0.242. The Bertz CT molecular complexity index is 546. The Labute approximate surface area is 120 Å². The fraction of sp³-hybridized carbons (Fsp3) is 0.538. The van der Waals surface area contributed by atoms with Gasteiger partial charge in [-0.3, -0.25) is 10.1 Å². The van der Waals surface area contributed by atoms with E-state index in [0.29, 0.717) is 19.2 Å². The lowest BCUT2D eigenvalue weighted by Gasteiger charge is -2.22. The Morgan fingerprint density at radius 2 is 2.05 bits per heavy atom. The molecule has 5 nitrogen and oxygen atoms in total. The second-order valence-electron chi connectivity index (χ2n) is 5.31. The molecule has 0 unspecified atom stereocenters. The number of benzene rings is 1. The van der Waals surface area contributed by atoms with Gasteiger partial charge in [0.25, 0.3) is 5.69 Å². The fourth-order valence-corrected chi connectivity index (χ4v) is 2.50. The van der Waals surface area contributed by atoms with E-state index in [2.05, 4.69) is 0 Å². The van der Waals surface area contributed by atoms with Crippen LogP contribution in [0, 0.1) is 10.1 Å². The van der Waals surface area contributed by atoms with Crippen molar-refractivity contribution in [3.63, 3.8) is 0 Å². The average molecular weight is 303 g/mol. The lowest BCUT2D eigenvalue weighted by molar-refractivity contribution is -0.384. The normalized spacial score (nSPS) is 19.3. The molecule has 0 aromatic heterocycles. The highest BCUT2D eigenvalue weighted by Gasteiger charge is 2.35. The van der Waals surface area contributed by atoms with Crippen LogP contribution >= 0.6 is 0 Å². The summed E-state index contributed by atoms with van der Waals surface area (Å²) in [4.78, 5) is 14.1. The Hall–Kier alpha value is -1.83. The fourth-order valence-electron chi connectivity index (χ4n) is 2.50. The zero-order valence-electron chi connectivity index (χ0n) is 11.7. The molecule has 1 aliphatic heterocycles. The first-order chi connectivity index (χ1) is 9.70. The molecule has 0 N–H and O–H groups in total. The lowest BCUT2D eigenvalue weighted by Crippen LogP contribution is -2.31. The van der Waals surface area contributed by atoms with Gasteiger partial charge in [0, 0.05) is 25.2 Å². The third kappa shape index (κ3) is 3.26. The zero-order valence-corrected chi connectivity index (χ0v) is 11.7. The van der Waals surface area contributed by atoms with Gasteiger partial charge in [-0.05, 0) is 32.6 Å². The van der Waals surface area contributed by atoms with Gasteiger partial charge in [-0.25, -0.2) is 0 Å². The Morgan fingerprint density at radius 1 is 1.38 bits per heavy atom. The summed E-state index contributed by atoms with van der Waals surface area (Å²) in [5.41, 5.74) is -1.25. The minimum Gasteiger partial charge on any atom is -0.364 e. The van der Waals surface area contributed by atoms with E-state index in [1.807, 2.05) is 19.0 Å². The maximum atomic E-state index is 12.7. The van der Waals surface area contributed by atoms with E-state index in [9.17, 15) is 23.3 Å². The monoisotopic (exact) mass is 303 g/mol. The van der Waals surface area contributed by atoms with Gasteiger partial charge in [0.1, 0.15) is 5.69 Å². The Kier molecular flexibility index (Phi) is 4.08. The van der Waals surface area contributed by atoms with Crippen LogP contribution in [-0.4, -0.2) is 43.0 Å². The molecule has 1 aromatic rings. The van der Waals surface area contributed by atoms with Gasteiger partial charge in [-0.2, -0.15) is 13.2 Å². The van der Waals surface area contributed by atoms with E-state index in [-0.39, 0.29) is 11.7 Å². The van der Waals surface area contributed by atoms with Crippen LogP contribution in [0.1, 0.15) is 12.0 Å². The molecule has 0 saturated carbocycles. The molecule has 8 heteroatoms. The molecule has 0 bridgehead atoms. The molecule has 0 spiro atoms. The molecule has 1 saturated heterocycles. The molecule has 21 heavy (non-hydrogen) atoms. The van der Waals surface area contributed by atoms with Crippen molar-refractivity contribution in [3.05, 3.63) is 33.9 Å². The number of anilines is 1. The Morgan fingerprint density at radius 3 is 2.52 bits per heavy atom. The van der Waals surface area contributed by atoms with E-state index >= 15 is 0 Å². The summed E-state index contributed by atoms with van der Waals surface area (Å²) in [6.07, 6.45) is -3.76. The van der Waals surface area contributed by atoms with Crippen molar-refractivity contribution in [1.29, 1.82) is 0 Å². The molecule has 2 rings (SSSR count). The van der Waals surface area contributed by atoms with Crippen LogP contribution in [0.5, 0.6) is 0 Å². The molecule has 0 amide bonds. The minimum atomic E-state index is -4.58. The van der Waals surface area contributed by atoms with Gasteiger partial charge in [-0.15, -0.1) is 0 Å². The van der Waals surface area contributed by atoms with Crippen molar-refractivity contribution in [3.8, 4) is 0 Å². The van der Waals surface area contributed by atoms with Crippen LogP contribution in [0.4, 0.5) is 24.5 Å². The summed E-state index contributed by atoms with van der Waals surface area (Å²) >= 11 is 0. The molecule has 1 aliphatic rings. The van der Waals surface area contributed by atoms with Crippen LogP contribution in [0.3, 0.4) is 0 Å². The molecule has 116 valence electrons. The predicted octanol–water partition coefficient (Wildman–Crippen LogP) is 2.75. The van der Waals surface area contributed by atoms with Gasteiger partial charge in [-0.1, -0.05) is 0 Å². The summed E-state index contributed by atoms with van der Waals surface area (Å²) in [7, 11) is 3.82. The van der Waals surface area contributed by atoms with Crippen molar-refractivity contribution in [1.82, 2.24) is 4.90 Å². The predicted molar refractivity (Wildman–Crippen MR) is 72.4 cm³/mol. The number of likely N-dealkylation sites (N-methyl/N-ethyl adjacent to an activating group) is 1. The number of halogens is 3. The number of nitro groups is 1. The number of hydrogen-bond donors (Lipinski definition) is 0. The topological polar surface area (TPSA) is 49.6 Å². The van der Waals surface area contributed by atoms with Gasteiger partial charge in [0.05, 0.1) is 10.5 Å². The average Bonchev–Trinajstić information content (AvgIpc) is 2.86. The molecule has 0 radical (unpaired) electrons. The standard InChI is InChI=1S/C13H16F3N3O2/c1-17(2)10-5-6-18(8-10)11-4-3-9(13(14,15)16)7-12(11)19(20)21/h3-4,7,10H,5-6,8H2,1-2H3/t10-/m1/s1. The highest BCUT2D eigenvalue weighted by atomic mass is 19.4. The first-order valence-electron chi connectivity index (χ1n) is 6.47. The molecule has 1 aromatic carbocycles. The van der Waals surface area contributed by atoms with Gasteiger partial charge in [0.2, 0.25) is 0 Å². The summed E-state index contributed by atoms with van der Waals surface area (Å²) in [5, 5.41) is 11.1. The molecule has 0 aliphatic carbocycles. The van der Waals surface area contributed by atoms with Crippen molar-refractivity contribution < 1.29 is 18.1 Å². The third-order valence-corrected chi connectivity index (χ3v) is 3.73. The van der Waals surface area contributed by atoms with Crippen molar-refractivity contribution in [2.45, 2.75) is 18.6 Å². The third-order valence-electron chi connectivity index (χ3n) is 3.73. The van der Waals surface area contributed by atoms with Crippen LogP contribution in [0.25, 0.3) is 0 Å². The summed E-state index contributed by atoms with van der Waals surface area (Å²) < 4.78 is 38.0. The first-order valence-corrected chi connectivity index (χ1v) is 6.47. The number of nitrogens with zero attached hydrogens (tertiary/aromatic N) is 3. The number of nitro benzene ring substituents is 1. The summed E-state index contributed by atoms with van der Waals surface area (Å²) in [6.45, 7) is 1.16. The van der Waals surface area contributed by atoms with Crippen molar-refractivity contribution in [2.24, 2.45) is 0 Å². The number of rotatable bonds is 3. The number of hydrogen-bond acceptors (Lipinski definition) is 4. The highest BCUT2D eigenvalue weighted by molar-refractivity contribution is 5.65. The van der Waals surface area contributed by atoms with E-state index in [1.165, 1.54) is 6.07 Å². The molecular formula is C13H16F3N3O2. The largest absolute Gasteiger partial charge is 0.416 e. The van der Waals surface area contributed by atoms with Crippen LogP contribution < -0.4 is 4.90 Å². The van der Waals surface area contributed by atoms with E-state index in [0.717, 1.165) is 12.5 Å². The zero-order chi connectivity index (χ0) is 15.8. The van der Waals surface area contributed by atoms with E-state index in [1.54, 1.807) is 4.90 Å². The van der Waals surface area contributed by atoms with Crippen molar-refractivity contribution >= 4 is 11.4 Å². The Balaban J connectivity index is 2.34. The van der Waals surface area contributed by atoms with Crippen LogP contribution in [0.2, 0.25) is 0 Å². The lowest BCUT2D eigenvalue weighted by atomic mass is 10.1. The summed E-state index contributed by atoms with van der Waals surface area (Å²) in [6, 6.07) is 2.94. The van der Waals surface area contributed by atoms with Gasteiger partial charge in [0.15, 0.2) is 0 Å². The van der Waals surface area contributed by atoms with Gasteiger partial charge < -0.3 is 9.80 Å². The molecule has 1 heterocycles. The quantitative estimate of drug-likeness (QED) is 0.636. The maximum absolute atomic E-state index is 12.7. The van der Waals surface area contributed by atoms with Crippen LogP contribution in [0.15, 0.2) is 18.2 Å². The molecule has 1 atom stereocenters. The van der Waals surface area contributed by atoms with E-state index in [4.69, 9.17) is 0 Å².